The molecule has 1 heterocycles. The Hall–Kier alpha value is -1.35. The van der Waals surface area contributed by atoms with E-state index in [9.17, 15) is 4.79 Å². The molecule has 1 N–H and O–H groups in total. The summed E-state index contributed by atoms with van der Waals surface area (Å²) >= 11 is 0. The maximum Gasteiger partial charge on any atom is 0.238 e. The number of nitrogens with zero attached hydrogens (tertiary/aromatic N) is 1. The minimum atomic E-state index is 0.0332. The molecule has 0 bridgehead atoms. The predicted molar refractivity (Wildman–Crippen MR) is 82.3 cm³/mol. The van der Waals surface area contributed by atoms with Crippen LogP contribution in [0.3, 0.4) is 0 Å². The Labute approximate surface area is 122 Å². The molecule has 2 unspecified atom stereocenters. The maximum atomic E-state index is 12.2. The third-order valence-corrected chi connectivity index (χ3v) is 4.13. The molecular formula is C17H26N2O. The van der Waals surface area contributed by atoms with Crippen LogP contribution in [0.15, 0.2) is 24.3 Å². The van der Waals surface area contributed by atoms with E-state index in [1.54, 1.807) is 0 Å². The van der Waals surface area contributed by atoms with E-state index in [0.29, 0.717) is 12.5 Å². The molecule has 2 atom stereocenters. The Kier molecular flexibility index (Phi) is 4.81. The molecule has 2 rings (SSSR count). The molecule has 0 aliphatic carbocycles. The smallest absolute Gasteiger partial charge is 0.238 e. The van der Waals surface area contributed by atoms with Crippen LogP contribution in [0.5, 0.6) is 0 Å². The number of amides is 1. The van der Waals surface area contributed by atoms with Gasteiger partial charge >= 0.3 is 0 Å². The molecule has 0 spiro atoms. The molecule has 1 aromatic carbocycles. The summed E-state index contributed by atoms with van der Waals surface area (Å²) in [5, 5.41) is 3.36. The van der Waals surface area contributed by atoms with Crippen LogP contribution in [0.25, 0.3) is 0 Å². The lowest BCUT2D eigenvalue weighted by atomic mass is 10.0. The van der Waals surface area contributed by atoms with Crippen molar-refractivity contribution in [1.29, 1.82) is 0 Å². The molecule has 0 saturated carbocycles. The first-order chi connectivity index (χ1) is 9.50. The quantitative estimate of drug-likeness (QED) is 0.894. The van der Waals surface area contributed by atoms with Crippen molar-refractivity contribution >= 4 is 5.91 Å². The van der Waals surface area contributed by atoms with Gasteiger partial charge in [-0.05, 0) is 43.7 Å². The fourth-order valence-electron chi connectivity index (χ4n) is 2.88. The molecule has 1 aliphatic rings. The summed E-state index contributed by atoms with van der Waals surface area (Å²) < 4.78 is 0. The number of rotatable bonds is 5. The third-order valence-electron chi connectivity index (χ3n) is 4.13. The Balaban J connectivity index is 2.16. The molecule has 1 aromatic rings. The molecule has 110 valence electrons. The average Bonchev–Trinajstić information content (AvgIpc) is 2.78. The Morgan fingerprint density at radius 2 is 1.95 bits per heavy atom. The zero-order chi connectivity index (χ0) is 14.7. The molecule has 1 fully saturated rings. The van der Waals surface area contributed by atoms with E-state index in [4.69, 9.17) is 0 Å². The van der Waals surface area contributed by atoms with Crippen LogP contribution in [-0.4, -0.2) is 23.4 Å². The van der Waals surface area contributed by atoms with Crippen LogP contribution in [0.1, 0.15) is 50.9 Å². The summed E-state index contributed by atoms with van der Waals surface area (Å²) in [4.78, 5) is 14.3. The summed E-state index contributed by atoms with van der Waals surface area (Å²) in [6.45, 7) is 9.19. The van der Waals surface area contributed by atoms with Gasteiger partial charge in [0.1, 0.15) is 6.17 Å². The molecule has 20 heavy (non-hydrogen) atoms. The first-order valence-corrected chi connectivity index (χ1v) is 7.60. The Bertz CT molecular complexity index is 470. The van der Waals surface area contributed by atoms with Gasteiger partial charge in [-0.25, -0.2) is 0 Å². The summed E-state index contributed by atoms with van der Waals surface area (Å²) in [5.74, 6) is 0.898. The van der Waals surface area contributed by atoms with E-state index in [2.05, 4.69) is 45.1 Å². The lowest BCUT2D eigenvalue weighted by Gasteiger charge is -2.32. The van der Waals surface area contributed by atoms with Crippen LogP contribution in [0.2, 0.25) is 0 Å². The minimum absolute atomic E-state index is 0.0332. The van der Waals surface area contributed by atoms with Crippen molar-refractivity contribution in [1.82, 2.24) is 10.2 Å². The summed E-state index contributed by atoms with van der Waals surface area (Å²) in [5.41, 5.74) is 2.45. The van der Waals surface area contributed by atoms with Gasteiger partial charge in [0, 0.05) is 6.04 Å². The van der Waals surface area contributed by atoms with Crippen molar-refractivity contribution in [3.05, 3.63) is 35.4 Å². The zero-order valence-corrected chi connectivity index (χ0v) is 13.0. The normalized spacial score (nSPS) is 20.8. The number of aryl methyl sites for hydroxylation is 1. The van der Waals surface area contributed by atoms with E-state index in [1.165, 1.54) is 11.1 Å². The van der Waals surface area contributed by atoms with Crippen molar-refractivity contribution in [3.63, 3.8) is 0 Å². The fourth-order valence-corrected chi connectivity index (χ4v) is 2.88. The highest BCUT2D eigenvalue weighted by molar-refractivity contribution is 5.81. The van der Waals surface area contributed by atoms with Gasteiger partial charge in [0.15, 0.2) is 0 Å². The van der Waals surface area contributed by atoms with Crippen molar-refractivity contribution in [2.45, 2.75) is 52.7 Å². The summed E-state index contributed by atoms with van der Waals surface area (Å²) in [6, 6.07) is 8.60. The Morgan fingerprint density at radius 1 is 1.25 bits per heavy atom. The van der Waals surface area contributed by atoms with Gasteiger partial charge in [0.25, 0.3) is 0 Å². The van der Waals surface area contributed by atoms with Crippen LogP contribution < -0.4 is 5.32 Å². The lowest BCUT2D eigenvalue weighted by Crippen LogP contribution is -2.38. The van der Waals surface area contributed by atoms with Gasteiger partial charge in [-0.2, -0.15) is 0 Å². The lowest BCUT2D eigenvalue weighted by molar-refractivity contribution is -0.130. The molecule has 1 saturated heterocycles. The third kappa shape index (κ3) is 3.21. The van der Waals surface area contributed by atoms with Gasteiger partial charge in [0.05, 0.1) is 6.54 Å². The standard InChI is InChI=1S/C17H26N2O/c1-12(2)9-10-14(4)19-16(20)11-18-17(19)15-8-6-5-7-13(15)3/h5-8,12,14,17-18H,9-11H2,1-4H3. The molecule has 3 heteroatoms. The number of nitrogens with one attached hydrogen (secondary N) is 1. The Morgan fingerprint density at radius 3 is 2.60 bits per heavy atom. The predicted octanol–water partition coefficient (Wildman–Crippen LogP) is 3.25. The fraction of sp³-hybridized carbons (Fsp3) is 0.588. The van der Waals surface area contributed by atoms with Crippen LogP contribution in [0.4, 0.5) is 0 Å². The second-order valence-electron chi connectivity index (χ2n) is 6.26. The molecule has 3 nitrogen and oxygen atoms in total. The van der Waals surface area contributed by atoms with E-state index in [0.717, 1.165) is 12.8 Å². The van der Waals surface area contributed by atoms with Gasteiger partial charge in [-0.15, -0.1) is 0 Å². The first kappa shape index (κ1) is 15.0. The minimum Gasteiger partial charge on any atom is -0.319 e. The summed E-state index contributed by atoms with van der Waals surface area (Å²) in [7, 11) is 0. The number of benzene rings is 1. The van der Waals surface area contributed by atoms with Crippen LogP contribution in [-0.2, 0) is 4.79 Å². The number of hydrogen-bond acceptors (Lipinski definition) is 2. The van der Waals surface area contributed by atoms with Crippen molar-refractivity contribution in [3.8, 4) is 0 Å². The van der Waals surface area contributed by atoms with Gasteiger partial charge in [0.2, 0.25) is 5.91 Å². The number of carbonyl (C=O) groups excluding carboxylic acids is 1. The molecule has 0 aromatic heterocycles. The zero-order valence-electron chi connectivity index (χ0n) is 13.0. The van der Waals surface area contributed by atoms with Gasteiger partial charge in [-0.3, -0.25) is 10.1 Å². The topological polar surface area (TPSA) is 32.3 Å². The van der Waals surface area contributed by atoms with E-state index in [-0.39, 0.29) is 18.1 Å². The highest BCUT2D eigenvalue weighted by Crippen LogP contribution is 2.28. The molecule has 1 amide bonds. The number of hydrogen-bond donors (Lipinski definition) is 1. The summed E-state index contributed by atoms with van der Waals surface area (Å²) in [6.07, 6.45) is 2.25. The second kappa shape index (κ2) is 6.40. The molecule has 1 aliphatic heterocycles. The maximum absolute atomic E-state index is 12.2. The number of carbonyl (C=O) groups is 1. The molecule has 0 radical (unpaired) electrons. The molecular weight excluding hydrogens is 248 g/mol. The van der Waals surface area contributed by atoms with Crippen molar-refractivity contribution < 1.29 is 4.79 Å². The van der Waals surface area contributed by atoms with E-state index >= 15 is 0 Å². The highest BCUT2D eigenvalue weighted by Gasteiger charge is 2.35. The van der Waals surface area contributed by atoms with Crippen LogP contribution in [0, 0.1) is 12.8 Å². The SMILES string of the molecule is Cc1ccccc1C1NCC(=O)N1C(C)CCC(C)C. The second-order valence-corrected chi connectivity index (χ2v) is 6.26. The monoisotopic (exact) mass is 274 g/mol. The van der Waals surface area contributed by atoms with E-state index < -0.39 is 0 Å². The average molecular weight is 274 g/mol. The van der Waals surface area contributed by atoms with Crippen LogP contribution >= 0.6 is 0 Å². The highest BCUT2D eigenvalue weighted by atomic mass is 16.2. The van der Waals surface area contributed by atoms with Gasteiger partial charge < -0.3 is 4.90 Å². The largest absolute Gasteiger partial charge is 0.319 e. The van der Waals surface area contributed by atoms with Crippen molar-refractivity contribution in [2.24, 2.45) is 5.92 Å². The van der Waals surface area contributed by atoms with E-state index in [1.807, 2.05) is 17.0 Å². The van der Waals surface area contributed by atoms with Gasteiger partial charge in [-0.1, -0.05) is 38.1 Å². The van der Waals surface area contributed by atoms with Crippen molar-refractivity contribution in [2.75, 3.05) is 6.54 Å². The first-order valence-electron chi connectivity index (χ1n) is 7.60.